The van der Waals surface area contributed by atoms with Crippen molar-refractivity contribution in [1.82, 2.24) is 0 Å². The Morgan fingerprint density at radius 3 is 0.920 bits per heavy atom. The zero-order valence-electron chi connectivity index (χ0n) is 18.0. The van der Waals surface area contributed by atoms with Crippen molar-refractivity contribution in [2.24, 2.45) is 0 Å². The van der Waals surface area contributed by atoms with E-state index in [2.05, 4.69) is 0 Å². The van der Waals surface area contributed by atoms with Gasteiger partial charge in [-0.1, -0.05) is 0 Å². The Balaban J connectivity index is -0.000000122. The molecular weight excluding hydrogens is 502 g/mol. The fraction of sp³-hybridized carbons (Fsp3) is 0.737. The van der Waals surface area contributed by atoms with Crippen LogP contribution in [0.25, 0.3) is 0 Å². The van der Waals surface area contributed by atoms with Gasteiger partial charge in [-0.05, 0) is 75.4 Å². The number of hydrogen-bond donors (Lipinski definition) is 3. The van der Waals surface area contributed by atoms with Crippen LogP contribution in [-0.2, 0) is 25.8 Å². The second-order valence-electron chi connectivity index (χ2n) is 9.16. The number of rotatable bonds is 1. The summed E-state index contributed by atoms with van der Waals surface area (Å²) in [6.45, 7) is 19.1. The van der Waals surface area contributed by atoms with E-state index in [1.54, 1.807) is 75.4 Å². The summed E-state index contributed by atoms with van der Waals surface area (Å²) in [6, 6.07) is 7.46. The van der Waals surface area contributed by atoms with Crippen molar-refractivity contribution in [2.45, 2.75) is 92.2 Å². The van der Waals surface area contributed by atoms with Crippen molar-refractivity contribution < 1.29 is 45.3 Å². The molecule has 0 saturated carbocycles. The third kappa shape index (κ3) is 68.4. The van der Waals surface area contributed by atoms with Crippen molar-refractivity contribution in [3.63, 3.8) is 0 Å². The zero-order chi connectivity index (χ0) is 20.4. The summed E-state index contributed by atoms with van der Waals surface area (Å²) in [5.41, 5.74) is -1.50. The molecule has 0 atom stereocenters. The van der Waals surface area contributed by atoms with E-state index in [4.69, 9.17) is 15.3 Å². The van der Waals surface area contributed by atoms with Gasteiger partial charge in [0.25, 0.3) is 0 Å². The Hall–Kier alpha value is 0.247. The van der Waals surface area contributed by atoms with Gasteiger partial charge < -0.3 is 19.4 Å². The molecule has 1 rings (SSSR count). The molecule has 6 heteroatoms. The van der Waals surface area contributed by atoms with Crippen LogP contribution in [-0.4, -0.2) is 40.5 Å². The summed E-state index contributed by atoms with van der Waals surface area (Å²) < 4.78 is 13.1. The van der Waals surface area contributed by atoms with Crippen LogP contribution in [0.5, 0.6) is 0 Å². The van der Waals surface area contributed by atoms with Gasteiger partial charge in [-0.25, -0.2) is 12.1 Å². The van der Waals surface area contributed by atoms with Crippen molar-refractivity contribution >= 4 is 13.6 Å². The molecular formula is C19H40FHfO3Si-. The fourth-order valence-corrected chi connectivity index (χ4v) is 1.76. The summed E-state index contributed by atoms with van der Waals surface area (Å²) in [6.07, 6.45) is 0. The zero-order valence-corrected chi connectivity index (χ0v) is 22.6. The van der Waals surface area contributed by atoms with Gasteiger partial charge in [0.1, 0.15) is 0 Å². The van der Waals surface area contributed by atoms with Gasteiger partial charge in [0, 0.05) is 25.8 Å². The van der Waals surface area contributed by atoms with Crippen LogP contribution >= 0.6 is 0 Å². The molecule has 0 spiro atoms. The molecule has 3 N–H and O–H groups in total. The molecule has 0 bridgehead atoms. The first-order chi connectivity index (χ1) is 10.1. The minimum Gasteiger partial charge on any atom is -0.391 e. The van der Waals surface area contributed by atoms with Crippen LogP contribution in [0.1, 0.15) is 62.3 Å². The van der Waals surface area contributed by atoms with E-state index < -0.39 is 25.2 Å². The molecule has 25 heavy (non-hydrogen) atoms. The van der Waals surface area contributed by atoms with E-state index in [0.29, 0.717) is 0 Å². The maximum Gasteiger partial charge on any atom is 0.214 e. The van der Waals surface area contributed by atoms with E-state index in [1.165, 1.54) is 0 Å². The second kappa shape index (κ2) is 13.4. The van der Waals surface area contributed by atoms with E-state index in [0.717, 1.165) is 5.19 Å². The molecule has 150 valence electrons. The van der Waals surface area contributed by atoms with Crippen molar-refractivity contribution in [3.8, 4) is 0 Å². The standard InChI is InChI=1S/C7H10FSi.3C4H10O.Hf/c1-9(2,8)7-5-3-4-6-7;3*1-4(2,3)5;/h3-6H,1-2H3;3*5H,1-3H3;/q-1;;;;. The van der Waals surface area contributed by atoms with Crippen molar-refractivity contribution in [1.29, 1.82) is 0 Å². The fourth-order valence-electron chi connectivity index (χ4n) is 0.770. The van der Waals surface area contributed by atoms with Gasteiger partial charge in [-0.2, -0.15) is 12.1 Å². The smallest absolute Gasteiger partial charge is 0.214 e. The predicted molar refractivity (Wildman–Crippen MR) is 106 cm³/mol. The van der Waals surface area contributed by atoms with Crippen molar-refractivity contribution in [2.75, 3.05) is 0 Å². The third-order valence-electron chi connectivity index (χ3n) is 1.35. The Kier molecular flexibility index (Phi) is 17.7. The molecule has 0 fully saturated rings. The van der Waals surface area contributed by atoms with E-state index >= 15 is 0 Å². The van der Waals surface area contributed by atoms with E-state index in [9.17, 15) is 4.11 Å². The molecule has 0 radical (unpaired) electrons. The summed E-state index contributed by atoms with van der Waals surface area (Å²) in [7, 11) is -2.48. The SMILES string of the molecule is CC(C)(C)O.CC(C)(C)O.CC(C)(C)O.C[Si](C)(F)[c-]1cccc1.[Hf]. The average molecular weight is 542 g/mol. The van der Waals surface area contributed by atoms with Crippen LogP contribution in [0.15, 0.2) is 24.3 Å². The third-order valence-corrected chi connectivity index (χ3v) is 3.06. The molecule has 0 aromatic heterocycles. The van der Waals surface area contributed by atoms with Gasteiger partial charge in [-0.15, -0.1) is 5.19 Å². The Labute approximate surface area is 175 Å². The van der Waals surface area contributed by atoms with Crippen LogP contribution in [0.2, 0.25) is 13.1 Å². The average Bonchev–Trinajstić information content (AvgIpc) is 2.58. The summed E-state index contributed by atoms with van der Waals surface area (Å²) in [5, 5.41) is 26.5. The van der Waals surface area contributed by atoms with Crippen LogP contribution in [0, 0.1) is 0 Å². The van der Waals surface area contributed by atoms with Gasteiger partial charge in [0.05, 0.1) is 16.8 Å². The van der Waals surface area contributed by atoms with Gasteiger partial charge in [0.15, 0.2) is 0 Å². The molecule has 0 amide bonds. The summed E-state index contributed by atoms with van der Waals surface area (Å²) >= 11 is 0. The Morgan fingerprint density at radius 2 is 0.840 bits per heavy atom. The molecule has 0 aliphatic heterocycles. The first-order valence-electron chi connectivity index (χ1n) is 8.19. The van der Waals surface area contributed by atoms with Crippen LogP contribution in [0.3, 0.4) is 0 Å². The van der Waals surface area contributed by atoms with Gasteiger partial charge in [0.2, 0.25) is 8.41 Å². The number of aliphatic hydroxyl groups is 3. The molecule has 0 unspecified atom stereocenters. The molecule has 0 saturated heterocycles. The second-order valence-corrected chi connectivity index (χ2v) is 12.7. The predicted octanol–water partition coefficient (Wildman–Crippen LogP) is 4.12. The topological polar surface area (TPSA) is 60.7 Å². The minimum absolute atomic E-state index is 0. The first kappa shape index (κ1) is 32.9. The van der Waals surface area contributed by atoms with E-state index in [-0.39, 0.29) is 25.8 Å². The monoisotopic (exact) mass is 543 g/mol. The molecule has 0 aliphatic rings. The molecule has 1 aromatic rings. The minimum atomic E-state index is -2.48. The molecule has 0 aliphatic carbocycles. The van der Waals surface area contributed by atoms with E-state index in [1.807, 2.05) is 24.3 Å². The number of halogens is 1. The van der Waals surface area contributed by atoms with Crippen molar-refractivity contribution in [3.05, 3.63) is 24.3 Å². The quantitative estimate of drug-likeness (QED) is 0.285. The molecule has 1 aromatic carbocycles. The number of hydrogen-bond acceptors (Lipinski definition) is 3. The first-order valence-corrected chi connectivity index (χ1v) is 11.1. The largest absolute Gasteiger partial charge is 0.391 e. The van der Waals surface area contributed by atoms with Crippen LogP contribution in [0.4, 0.5) is 4.11 Å². The maximum absolute atomic E-state index is 13.1. The summed E-state index contributed by atoms with van der Waals surface area (Å²) in [5.74, 6) is 0. The Morgan fingerprint density at radius 1 is 0.680 bits per heavy atom. The summed E-state index contributed by atoms with van der Waals surface area (Å²) in [4.78, 5) is 0. The maximum atomic E-state index is 13.1. The molecule has 3 nitrogen and oxygen atoms in total. The van der Waals surface area contributed by atoms with Crippen LogP contribution < -0.4 is 5.19 Å². The molecule has 0 heterocycles. The normalized spacial score (nSPS) is 11.5. The van der Waals surface area contributed by atoms with Gasteiger partial charge in [-0.3, -0.25) is 0 Å². The Bertz CT molecular complexity index is 348. The van der Waals surface area contributed by atoms with Gasteiger partial charge >= 0.3 is 0 Å².